The van der Waals surface area contributed by atoms with Gasteiger partial charge in [0.05, 0.1) is 0 Å². The number of pyridine rings is 1. The number of ether oxygens (including phenoxy) is 1. The second-order valence-corrected chi connectivity index (χ2v) is 3.85. The largest absolute Gasteiger partial charge is 0.487 e. The molecule has 0 fully saturated rings. The maximum absolute atomic E-state index is 12.4. The first kappa shape index (κ1) is 12.6. The average Bonchev–Trinajstić information content (AvgIpc) is 2.31. The second kappa shape index (κ2) is 5.18. The number of benzene rings is 1. The molecule has 0 saturated heterocycles. The average molecular weight is 271 g/mol. The summed E-state index contributed by atoms with van der Waals surface area (Å²) < 4.78 is 28.9. The molecular weight excluding hydrogens is 262 g/mol. The highest BCUT2D eigenvalue weighted by Gasteiger charge is 2.27. The third kappa shape index (κ3) is 3.85. The van der Waals surface area contributed by atoms with Gasteiger partial charge in [-0.15, -0.1) is 8.78 Å². The third-order valence-electron chi connectivity index (χ3n) is 2.03. The number of hydrogen-bond acceptors (Lipinski definition) is 3. The predicted molar refractivity (Wildman–Crippen MR) is 65.4 cm³/mol. The van der Waals surface area contributed by atoms with Crippen molar-refractivity contribution >= 4 is 23.1 Å². The zero-order valence-corrected chi connectivity index (χ0v) is 9.86. The lowest BCUT2D eigenvalue weighted by atomic mass is 10.3. The molecule has 2 rings (SSSR count). The van der Waals surface area contributed by atoms with Crippen LogP contribution in [-0.2, 0) is 0 Å². The van der Waals surface area contributed by atoms with E-state index in [4.69, 9.17) is 0 Å². The van der Waals surface area contributed by atoms with Gasteiger partial charge in [-0.1, -0.05) is 6.07 Å². The molecule has 1 aromatic heterocycles. The summed E-state index contributed by atoms with van der Waals surface area (Å²) in [5.41, 5.74) is -2.99. The van der Waals surface area contributed by atoms with Crippen molar-refractivity contribution in [2.75, 3.05) is 5.32 Å². The SMILES string of the molecule is FC(F)(Cl)Oc1ccc(Nc2ccccn2)cc1. The molecule has 6 heteroatoms. The van der Waals surface area contributed by atoms with Gasteiger partial charge in [-0.3, -0.25) is 0 Å². The van der Waals surface area contributed by atoms with E-state index in [2.05, 4.69) is 26.6 Å². The van der Waals surface area contributed by atoms with E-state index in [-0.39, 0.29) is 5.75 Å². The summed E-state index contributed by atoms with van der Waals surface area (Å²) in [5, 5.41) is 3.01. The summed E-state index contributed by atoms with van der Waals surface area (Å²) in [7, 11) is 0. The van der Waals surface area contributed by atoms with Crippen LogP contribution in [0.3, 0.4) is 0 Å². The highest BCUT2D eigenvalue weighted by Crippen LogP contribution is 2.26. The summed E-state index contributed by atoms with van der Waals surface area (Å²) in [5.74, 6) is 0.649. The lowest BCUT2D eigenvalue weighted by molar-refractivity contribution is -0.0964. The van der Waals surface area contributed by atoms with Crippen molar-refractivity contribution in [2.45, 2.75) is 5.57 Å². The first-order valence-electron chi connectivity index (χ1n) is 5.07. The van der Waals surface area contributed by atoms with Gasteiger partial charge in [-0.05, 0) is 36.4 Å². The normalized spacial score (nSPS) is 11.1. The van der Waals surface area contributed by atoms with Gasteiger partial charge in [0.25, 0.3) is 0 Å². The van der Waals surface area contributed by atoms with E-state index in [1.165, 1.54) is 12.1 Å². The van der Waals surface area contributed by atoms with E-state index in [9.17, 15) is 8.78 Å². The summed E-state index contributed by atoms with van der Waals surface area (Å²) >= 11 is 4.66. The zero-order valence-electron chi connectivity index (χ0n) is 9.11. The number of aromatic nitrogens is 1. The van der Waals surface area contributed by atoms with Gasteiger partial charge in [-0.25, -0.2) is 4.98 Å². The Morgan fingerprint density at radius 1 is 1.11 bits per heavy atom. The molecule has 0 saturated carbocycles. The Bertz CT molecular complexity index is 500. The monoisotopic (exact) mass is 270 g/mol. The standard InChI is InChI=1S/C12H9ClF2N2O/c13-12(14,15)18-10-6-4-9(5-7-10)17-11-3-1-2-8-16-11/h1-8H,(H,16,17). The third-order valence-corrected chi connectivity index (χ3v) is 2.10. The number of rotatable bonds is 4. The molecule has 2 aromatic rings. The van der Waals surface area contributed by atoms with Crippen molar-refractivity contribution in [3.05, 3.63) is 48.7 Å². The molecule has 1 N–H and O–H groups in total. The zero-order chi connectivity index (χ0) is 13.0. The molecule has 0 bridgehead atoms. The second-order valence-electron chi connectivity index (χ2n) is 3.41. The van der Waals surface area contributed by atoms with Crippen molar-refractivity contribution in [3.8, 4) is 5.75 Å². The maximum Gasteiger partial charge on any atom is 0.487 e. The first-order chi connectivity index (χ1) is 8.53. The minimum Gasteiger partial charge on any atom is -0.420 e. The van der Waals surface area contributed by atoms with Crippen LogP contribution in [0.1, 0.15) is 0 Å². The molecule has 1 aromatic carbocycles. The number of anilines is 2. The van der Waals surface area contributed by atoms with Crippen LogP contribution in [-0.4, -0.2) is 10.6 Å². The van der Waals surface area contributed by atoms with E-state index in [0.717, 1.165) is 0 Å². The molecule has 0 amide bonds. The molecule has 18 heavy (non-hydrogen) atoms. The fourth-order valence-corrected chi connectivity index (χ4v) is 1.41. The lowest BCUT2D eigenvalue weighted by Gasteiger charge is -2.11. The quantitative estimate of drug-likeness (QED) is 0.853. The van der Waals surface area contributed by atoms with Gasteiger partial charge in [0, 0.05) is 23.5 Å². The van der Waals surface area contributed by atoms with Gasteiger partial charge in [0.1, 0.15) is 11.6 Å². The minimum atomic E-state index is -3.70. The number of nitrogens with zero attached hydrogens (tertiary/aromatic N) is 1. The Balaban J connectivity index is 2.04. The summed E-state index contributed by atoms with van der Waals surface area (Å²) in [6.07, 6.45) is 1.65. The Morgan fingerprint density at radius 3 is 2.39 bits per heavy atom. The van der Waals surface area contributed by atoms with Crippen molar-refractivity contribution in [1.29, 1.82) is 0 Å². The van der Waals surface area contributed by atoms with Crippen molar-refractivity contribution in [1.82, 2.24) is 4.98 Å². The van der Waals surface area contributed by atoms with Crippen LogP contribution in [0.25, 0.3) is 0 Å². The molecule has 0 spiro atoms. The van der Waals surface area contributed by atoms with Gasteiger partial charge >= 0.3 is 5.57 Å². The Labute approximate surface area is 107 Å². The number of halogens is 3. The van der Waals surface area contributed by atoms with E-state index in [0.29, 0.717) is 11.5 Å². The summed E-state index contributed by atoms with van der Waals surface area (Å²) in [6.45, 7) is 0. The van der Waals surface area contributed by atoms with Crippen LogP contribution in [0.15, 0.2) is 48.7 Å². The number of alkyl halides is 3. The lowest BCUT2D eigenvalue weighted by Crippen LogP contribution is -2.15. The van der Waals surface area contributed by atoms with Crippen LogP contribution in [0.2, 0.25) is 0 Å². The Kier molecular flexibility index (Phi) is 3.62. The predicted octanol–water partition coefficient (Wildman–Crippen LogP) is 3.99. The van der Waals surface area contributed by atoms with E-state index >= 15 is 0 Å². The minimum absolute atomic E-state index is 0.0124. The highest BCUT2D eigenvalue weighted by atomic mass is 35.5. The number of hydrogen-bond donors (Lipinski definition) is 1. The Hall–Kier alpha value is -1.88. The van der Waals surface area contributed by atoms with Crippen LogP contribution >= 0.6 is 11.6 Å². The molecule has 0 aliphatic rings. The fraction of sp³-hybridized carbons (Fsp3) is 0.0833. The molecule has 0 unspecified atom stereocenters. The van der Waals surface area contributed by atoms with Gasteiger partial charge in [0.15, 0.2) is 0 Å². The van der Waals surface area contributed by atoms with Gasteiger partial charge < -0.3 is 10.1 Å². The van der Waals surface area contributed by atoms with E-state index in [1.54, 1.807) is 30.5 Å². The van der Waals surface area contributed by atoms with Crippen molar-refractivity contribution in [3.63, 3.8) is 0 Å². The van der Waals surface area contributed by atoms with E-state index in [1.807, 2.05) is 6.07 Å². The summed E-state index contributed by atoms with van der Waals surface area (Å²) in [6, 6.07) is 11.4. The van der Waals surface area contributed by atoms with Gasteiger partial charge in [-0.2, -0.15) is 0 Å². The van der Waals surface area contributed by atoms with Crippen molar-refractivity contribution in [2.24, 2.45) is 0 Å². The van der Waals surface area contributed by atoms with Crippen molar-refractivity contribution < 1.29 is 13.5 Å². The molecule has 0 aliphatic heterocycles. The molecule has 94 valence electrons. The highest BCUT2D eigenvalue weighted by molar-refractivity contribution is 6.20. The van der Waals surface area contributed by atoms with Crippen LogP contribution in [0, 0.1) is 0 Å². The maximum atomic E-state index is 12.4. The molecular formula is C12H9ClF2N2O. The first-order valence-corrected chi connectivity index (χ1v) is 5.45. The fourth-order valence-electron chi connectivity index (χ4n) is 1.32. The molecule has 0 atom stereocenters. The number of nitrogens with one attached hydrogen (secondary N) is 1. The molecule has 1 heterocycles. The topological polar surface area (TPSA) is 34.1 Å². The van der Waals surface area contributed by atoms with E-state index < -0.39 is 5.57 Å². The Morgan fingerprint density at radius 2 is 1.83 bits per heavy atom. The molecule has 3 nitrogen and oxygen atoms in total. The summed E-state index contributed by atoms with van der Waals surface area (Å²) in [4.78, 5) is 4.07. The van der Waals surface area contributed by atoms with Crippen LogP contribution in [0.5, 0.6) is 5.75 Å². The van der Waals surface area contributed by atoms with Crippen LogP contribution in [0.4, 0.5) is 20.3 Å². The van der Waals surface area contributed by atoms with Gasteiger partial charge in [0.2, 0.25) is 0 Å². The smallest absolute Gasteiger partial charge is 0.420 e. The molecule has 0 aliphatic carbocycles. The molecule has 0 radical (unpaired) electrons. The van der Waals surface area contributed by atoms with Crippen LogP contribution < -0.4 is 10.1 Å².